The van der Waals surface area contributed by atoms with E-state index in [0.29, 0.717) is 6.21 Å². The molecule has 1 saturated heterocycles. The molecule has 1 fully saturated rings. The van der Waals surface area contributed by atoms with Crippen LogP contribution in [0.3, 0.4) is 0 Å². The van der Waals surface area contributed by atoms with Crippen molar-refractivity contribution in [2.45, 2.75) is 23.1 Å². The quantitative estimate of drug-likeness (QED) is 0.150. The summed E-state index contributed by atoms with van der Waals surface area (Å²) in [4.78, 5) is 14.3. The first-order chi connectivity index (χ1) is 9.77. The Morgan fingerprint density at radius 3 is 2.71 bits per heavy atom. The number of carbonyl (C=O) groups excluding carboxylic acids is 1. The lowest BCUT2D eigenvalue weighted by molar-refractivity contribution is -0.113. The molecule has 21 heavy (non-hydrogen) atoms. The Balaban J connectivity index is 3.10. The lowest BCUT2D eigenvalue weighted by atomic mass is 9.98. The average molecular weight is 324 g/mol. The Labute approximate surface area is 122 Å². The topological polar surface area (TPSA) is 171 Å². The van der Waals surface area contributed by atoms with Gasteiger partial charge < -0.3 is 20.4 Å². The standard InChI is InChI=1S/C9H11ClFN5O5/c10-9(11)5(19)8(2-13,3-17)21-6(9)15-7(16-20)14-4(18)1-12/h1,5-6,12,17,19-20H,3H2,(H2,14,15,16,18)/t5-,6-,8-,9-/m1/s1. The number of hydroxylamine groups is 1. The lowest BCUT2D eigenvalue weighted by Crippen LogP contribution is -2.47. The predicted molar refractivity (Wildman–Crippen MR) is 65.3 cm³/mol. The Morgan fingerprint density at radius 2 is 2.33 bits per heavy atom. The summed E-state index contributed by atoms with van der Waals surface area (Å²) in [7, 11) is 0. The summed E-state index contributed by atoms with van der Waals surface area (Å²) in [6, 6.07) is 1.38. The summed E-state index contributed by atoms with van der Waals surface area (Å²) < 4.78 is 19.0. The number of ether oxygens (including phenoxy) is 1. The van der Waals surface area contributed by atoms with Gasteiger partial charge in [-0.2, -0.15) is 5.26 Å². The highest BCUT2D eigenvalue weighted by Gasteiger charge is 2.65. The zero-order valence-corrected chi connectivity index (χ0v) is 11.0. The highest BCUT2D eigenvalue weighted by molar-refractivity contribution is 6.29. The van der Waals surface area contributed by atoms with Gasteiger partial charge in [0.05, 0.1) is 12.8 Å². The van der Waals surface area contributed by atoms with Crippen molar-refractivity contribution in [1.29, 1.82) is 10.7 Å². The van der Waals surface area contributed by atoms with Crippen molar-refractivity contribution in [3.8, 4) is 6.07 Å². The number of amides is 1. The molecule has 0 saturated carbocycles. The van der Waals surface area contributed by atoms with Gasteiger partial charge in [-0.3, -0.25) is 15.3 Å². The van der Waals surface area contributed by atoms with E-state index in [0.717, 1.165) is 0 Å². The highest BCUT2D eigenvalue weighted by atomic mass is 35.5. The monoisotopic (exact) mass is 323 g/mol. The number of halogens is 2. The number of hydrogen-bond donors (Lipinski definition) is 6. The van der Waals surface area contributed by atoms with Crippen molar-refractivity contribution in [3.05, 3.63) is 0 Å². The van der Waals surface area contributed by atoms with E-state index in [1.165, 1.54) is 11.5 Å². The number of aliphatic hydroxyl groups is 2. The van der Waals surface area contributed by atoms with Gasteiger partial charge in [0.25, 0.3) is 11.0 Å². The molecular formula is C9H11ClFN5O5. The van der Waals surface area contributed by atoms with Crippen LogP contribution < -0.4 is 10.8 Å². The maximum Gasteiger partial charge on any atom is 0.268 e. The fourth-order valence-corrected chi connectivity index (χ4v) is 1.78. The number of carbonyl (C=O) groups is 1. The van der Waals surface area contributed by atoms with Crippen LogP contribution in [0.15, 0.2) is 4.99 Å². The van der Waals surface area contributed by atoms with E-state index >= 15 is 0 Å². The minimum absolute atomic E-state index is 0.341. The summed E-state index contributed by atoms with van der Waals surface area (Å²) in [5.74, 6) is -1.75. The van der Waals surface area contributed by atoms with Crippen LogP contribution in [0.2, 0.25) is 0 Å². The zero-order chi connectivity index (χ0) is 16.3. The Hall–Kier alpha value is -1.84. The highest BCUT2D eigenvalue weighted by Crippen LogP contribution is 2.44. The van der Waals surface area contributed by atoms with Crippen LogP contribution in [0.4, 0.5) is 4.39 Å². The van der Waals surface area contributed by atoms with Crippen molar-refractivity contribution in [2.75, 3.05) is 6.61 Å². The molecule has 0 aromatic rings. The van der Waals surface area contributed by atoms with Gasteiger partial charge in [-0.25, -0.2) is 14.9 Å². The molecule has 10 nitrogen and oxygen atoms in total. The van der Waals surface area contributed by atoms with Crippen molar-refractivity contribution in [2.24, 2.45) is 4.99 Å². The SMILES string of the molecule is N#C[C@]1(CO)O[C@@H](N=C(NO)NC(=O)C=N)[C@@](F)(Cl)[C@@H]1O. The Morgan fingerprint density at radius 1 is 1.71 bits per heavy atom. The molecule has 116 valence electrons. The molecule has 0 bridgehead atoms. The van der Waals surface area contributed by atoms with Gasteiger partial charge in [-0.1, -0.05) is 11.6 Å². The molecule has 0 radical (unpaired) electrons. The fourth-order valence-electron chi connectivity index (χ4n) is 1.51. The first-order valence-corrected chi connectivity index (χ1v) is 5.70. The normalized spacial score (nSPS) is 35.9. The van der Waals surface area contributed by atoms with Crippen molar-refractivity contribution >= 4 is 29.7 Å². The summed E-state index contributed by atoms with van der Waals surface area (Å²) in [5, 5.41) is 41.7. The molecule has 1 rings (SSSR count). The van der Waals surface area contributed by atoms with Gasteiger partial charge in [0, 0.05) is 0 Å². The van der Waals surface area contributed by atoms with Crippen LogP contribution in [0.1, 0.15) is 0 Å². The van der Waals surface area contributed by atoms with E-state index in [9.17, 15) is 14.3 Å². The molecule has 4 atom stereocenters. The van der Waals surface area contributed by atoms with Crippen LogP contribution in [0.5, 0.6) is 0 Å². The third-order valence-corrected chi connectivity index (χ3v) is 3.00. The molecule has 0 unspecified atom stereocenters. The van der Waals surface area contributed by atoms with Crippen molar-refractivity contribution in [3.63, 3.8) is 0 Å². The summed E-state index contributed by atoms with van der Waals surface area (Å²) in [6.45, 7) is -1.07. The average Bonchev–Trinajstić information content (AvgIpc) is 2.67. The van der Waals surface area contributed by atoms with Crippen LogP contribution in [-0.4, -0.2) is 63.2 Å². The van der Waals surface area contributed by atoms with Gasteiger partial charge in [0.1, 0.15) is 6.07 Å². The van der Waals surface area contributed by atoms with Gasteiger partial charge in [0.15, 0.2) is 6.10 Å². The zero-order valence-electron chi connectivity index (χ0n) is 10.2. The van der Waals surface area contributed by atoms with Crippen LogP contribution in [0.25, 0.3) is 0 Å². The summed E-state index contributed by atoms with van der Waals surface area (Å²) >= 11 is 5.42. The second-order valence-corrected chi connectivity index (χ2v) is 4.51. The number of rotatable bonds is 3. The van der Waals surface area contributed by atoms with Gasteiger partial charge >= 0.3 is 0 Å². The summed E-state index contributed by atoms with van der Waals surface area (Å²) in [5.41, 5.74) is -0.958. The van der Waals surface area contributed by atoms with E-state index in [-0.39, 0.29) is 0 Å². The molecule has 0 aliphatic carbocycles. The van der Waals surface area contributed by atoms with E-state index in [1.54, 1.807) is 0 Å². The second kappa shape index (κ2) is 6.29. The molecule has 1 aliphatic heterocycles. The van der Waals surface area contributed by atoms with Crippen LogP contribution in [-0.2, 0) is 9.53 Å². The van der Waals surface area contributed by atoms with Crippen LogP contribution >= 0.6 is 11.6 Å². The number of nitrogens with zero attached hydrogens (tertiary/aromatic N) is 2. The largest absolute Gasteiger partial charge is 0.392 e. The van der Waals surface area contributed by atoms with Gasteiger partial charge in [0.2, 0.25) is 17.8 Å². The number of aliphatic imine (C=N–C) groups is 1. The van der Waals surface area contributed by atoms with Gasteiger partial charge in [-0.15, -0.1) is 0 Å². The first-order valence-electron chi connectivity index (χ1n) is 5.32. The first kappa shape index (κ1) is 17.2. The maximum atomic E-state index is 14.2. The van der Waals surface area contributed by atoms with Crippen molar-refractivity contribution < 1.29 is 29.3 Å². The second-order valence-electron chi connectivity index (χ2n) is 3.93. The molecule has 1 aliphatic rings. The molecule has 0 spiro atoms. The van der Waals surface area contributed by atoms with Crippen molar-refractivity contribution in [1.82, 2.24) is 10.8 Å². The van der Waals surface area contributed by atoms with Crippen LogP contribution in [0, 0.1) is 16.7 Å². The minimum Gasteiger partial charge on any atom is -0.392 e. The number of aliphatic hydroxyl groups excluding tert-OH is 2. The number of nitriles is 1. The smallest absolute Gasteiger partial charge is 0.268 e. The third kappa shape index (κ3) is 3.09. The van der Waals surface area contributed by atoms with E-state index in [4.69, 9.17) is 37.3 Å². The Bertz CT molecular complexity index is 509. The number of alkyl halides is 2. The number of guanidine groups is 1. The van der Waals surface area contributed by atoms with E-state index in [1.807, 2.05) is 5.32 Å². The molecule has 1 heterocycles. The number of hydrogen-bond acceptors (Lipinski definition) is 8. The number of nitrogens with one attached hydrogen (secondary N) is 3. The molecule has 0 aromatic carbocycles. The molecule has 12 heteroatoms. The Kier molecular flexibility index (Phi) is 5.15. The lowest BCUT2D eigenvalue weighted by Gasteiger charge is -2.22. The predicted octanol–water partition coefficient (Wildman–Crippen LogP) is -2.04. The third-order valence-electron chi connectivity index (χ3n) is 2.61. The maximum absolute atomic E-state index is 14.2. The van der Waals surface area contributed by atoms with Gasteiger partial charge in [-0.05, 0) is 0 Å². The van der Waals surface area contributed by atoms with E-state index in [2.05, 4.69) is 4.99 Å². The minimum atomic E-state index is -3.10. The summed E-state index contributed by atoms with van der Waals surface area (Å²) in [6.07, 6.45) is -3.93. The fraction of sp³-hybridized carbons (Fsp3) is 0.556. The molecule has 1 amide bonds. The molecule has 0 aromatic heterocycles. The molecule has 6 N–H and O–H groups in total. The van der Waals surface area contributed by atoms with E-state index < -0.39 is 41.5 Å². The molecular weight excluding hydrogens is 313 g/mol.